The van der Waals surface area contributed by atoms with E-state index in [0.717, 1.165) is 51.4 Å². The second kappa shape index (κ2) is 45.3. The number of carboxylic acid groups (broad SMARTS) is 2. The van der Waals surface area contributed by atoms with Gasteiger partial charge in [0.15, 0.2) is 0 Å². The Morgan fingerprint density at radius 2 is 0.705 bits per heavy atom. The van der Waals surface area contributed by atoms with Gasteiger partial charge in [0, 0.05) is 25.9 Å². The van der Waals surface area contributed by atoms with Gasteiger partial charge in [0.25, 0.3) is 0 Å². The van der Waals surface area contributed by atoms with E-state index in [0.29, 0.717) is 25.9 Å². The predicted molar refractivity (Wildman–Crippen MR) is 192 cm³/mol. The molecule has 0 aliphatic rings. The molecule has 6 nitrogen and oxygen atoms in total. The van der Waals surface area contributed by atoms with Gasteiger partial charge in [0.05, 0.1) is 0 Å². The van der Waals surface area contributed by atoms with Gasteiger partial charge in [-0.1, -0.05) is 127 Å². The molecule has 0 spiro atoms. The zero-order chi connectivity index (χ0) is 33.2. The third-order valence-electron chi connectivity index (χ3n) is 6.85. The zero-order valence-corrected chi connectivity index (χ0v) is 28.9. The predicted octanol–water partition coefficient (Wildman–Crippen LogP) is 10.7. The topological polar surface area (TPSA) is 127 Å². The summed E-state index contributed by atoms with van der Waals surface area (Å²) in [5.74, 6) is -1.34. The molecule has 0 saturated carbocycles. The van der Waals surface area contributed by atoms with Crippen molar-refractivity contribution in [3.8, 4) is 0 Å². The lowest BCUT2D eigenvalue weighted by Gasteiger charge is -1.98. The van der Waals surface area contributed by atoms with Crippen LogP contribution in [0.2, 0.25) is 0 Å². The Morgan fingerprint density at radius 1 is 0.432 bits per heavy atom. The van der Waals surface area contributed by atoms with Crippen LogP contribution in [0.5, 0.6) is 0 Å². The first-order chi connectivity index (χ1) is 21.5. The number of aliphatic carboxylic acids is 2. The highest BCUT2D eigenvalue weighted by atomic mass is 16.4. The van der Waals surface area contributed by atoms with E-state index in [2.05, 4.69) is 62.5 Å². The fraction of sp³-hybridized carbons (Fsp3) is 0.737. The molecule has 0 aromatic carbocycles. The van der Waals surface area contributed by atoms with Crippen molar-refractivity contribution >= 4 is 11.9 Å². The molecule has 0 amide bonds. The van der Waals surface area contributed by atoms with Crippen LogP contribution >= 0.6 is 0 Å². The number of hydrogen-bond donors (Lipinski definition) is 4. The summed E-state index contributed by atoms with van der Waals surface area (Å²) in [6.45, 7) is 5.66. The minimum atomic E-state index is -0.671. The SMILES string of the molecule is CCCCC/C=C\C/C=C\CCCCCCCC(=O)O.CCCCC/C=C\C/C=C\CCCCCCCC(=O)O.NCCN. The van der Waals surface area contributed by atoms with Gasteiger partial charge in [-0.25, -0.2) is 0 Å². The summed E-state index contributed by atoms with van der Waals surface area (Å²) in [6, 6.07) is 0. The molecular weight excluding hydrogens is 548 g/mol. The van der Waals surface area contributed by atoms with Gasteiger partial charge in [0.2, 0.25) is 0 Å². The Labute approximate surface area is 272 Å². The third-order valence-corrected chi connectivity index (χ3v) is 6.85. The average Bonchev–Trinajstić information content (AvgIpc) is 3.01. The summed E-state index contributed by atoms with van der Waals surface area (Å²) in [7, 11) is 0. The van der Waals surface area contributed by atoms with Crippen LogP contribution in [0.3, 0.4) is 0 Å². The normalized spacial score (nSPS) is 11.3. The lowest BCUT2D eigenvalue weighted by Crippen LogP contribution is -2.11. The largest absolute Gasteiger partial charge is 0.481 e. The fourth-order valence-electron chi connectivity index (χ4n) is 4.18. The molecule has 0 aromatic heterocycles. The highest BCUT2D eigenvalue weighted by Gasteiger charge is 1.96. The van der Waals surface area contributed by atoms with Crippen LogP contribution in [0.1, 0.15) is 168 Å². The van der Waals surface area contributed by atoms with Gasteiger partial charge in [-0.05, 0) is 77.0 Å². The number of hydrogen-bond acceptors (Lipinski definition) is 4. The molecule has 0 atom stereocenters. The number of unbranched alkanes of at least 4 members (excludes halogenated alkanes) is 16. The summed E-state index contributed by atoms with van der Waals surface area (Å²) in [5, 5.41) is 17.0. The monoisotopic (exact) mass is 621 g/mol. The van der Waals surface area contributed by atoms with E-state index in [1.54, 1.807) is 0 Å². The van der Waals surface area contributed by atoms with Crippen molar-refractivity contribution in [1.82, 2.24) is 0 Å². The van der Waals surface area contributed by atoms with Crippen molar-refractivity contribution in [3.05, 3.63) is 48.6 Å². The number of carboxylic acids is 2. The highest BCUT2D eigenvalue weighted by molar-refractivity contribution is 5.66. The maximum absolute atomic E-state index is 10.3. The molecule has 0 bridgehead atoms. The summed E-state index contributed by atoms with van der Waals surface area (Å²) < 4.78 is 0. The van der Waals surface area contributed by atoms with Crippen LogP contribution in [0.25, 0.3) is 0 Å². The smallest absolute Gasteiger partial charge is 0.303 e. The fourth-order valence-corrected chi connectivity index (χ4v) is 4.18. The Balaban J connectivity index is -0.000000680. The molecule has 0 radical (unpaired) electrons. The van der Waals surface area contributed by atoms with Crippen molar-refractivity contribution in [2.24, 2.45) is 11.5 Å². The van der Waals surface area contributed by atoms with Crippen molar-refractivity contribution < 1.29 is 19.8 Å². The van der Waals surface area contributed by atoms with Gasteiger partial charge in [-0.2, -0.15) is 0 Å². The molecular formula is C38H72N2O4. The van der Waals surface area contributed by atoms with Crippen LogP contribution in [0, 0.1) is 0 Å². The number of carbonyl (C=O) groups is 2. The average molecular weight is 621 g/mol. The Kier molecular flexibility index (Phi) is 47.6. The molecule has 0 aliphatic carbocycles. The first-order valence-electron chi connectivity index (χ1n) is 17.9. The molecule has 0 aliphatic heterocycles. The molecule has 0 rings (SSSR count). The van der Waals surface area contributed by atoms with E-state index < -0.39 is 11.9 Å². The lowest BCUT2D eigenvalue weighted by atomic mass is 10.1. The lowest BCUT2D eigenvalue weighted by molar-refractivity contribution is -0.138. The van der Waals surface area contributed by atoms with Gasteiger partial charge in [-0.3, -0.25) is 9.59 Å². The van der Waals surface area contributed by atoms with E-state index in [1.807, 2.05) is 0 Å². The molecule has 0 saturated heterocycles. The van der Waals surface area contributed by atoms with E-state index in [4.69, 9.17) is 21.7 Å². The van der Waals surface area contributed by atoms with Crippen LogP contribution in [0.4, 0.5) is 0 Å². The maximum atomic E-state index is 10.3. The van der Waals surface area contributed by atoms with Crippen molar-refractivity contribution in [2.75, 3.05) is 13.1 Å². The minimum Gasteiger partial charge on any atom is -0.481 e. The highest BCUT2D eigenvalue weighted by Crippen LogP contribution is 2.09. The van der Waals surface area contributed by atoms with Gasteiger partial charge < -0.3 is 21.7 Å². The number of nitrogens with two attached hydrogens (primary N) is 2. The van der Waals surface area contributed by atoms with Crippen LogP contribution < -0.4 is 11.5 Å². The number of allylic oxidation sites excluding steroid dienone is 8. The zero-order valence-electron chi connectivity index (χ0n) is 28.9. The Bertz CT molecular complexity index is 628. The van der Waals surface area contributed by atoms with E-state index >= 15 is 0 Å². The van der Waals surface area contributed by atoms with E-state index in [9.17, 15) is 9.59 Å². The standard InChI is InChI=1S/2C18H32O2.C2H8N2/c2*1-2-3-4-5-6-7-8-9-10-11-12-13-14-15-16-17-18(19)20;3-1-2-4/h2*6-7,9-10H,2-5,8,11-17H2,1H3,(H,19,20);1-4H2/b2*7-6-,10-9-;. The van der Waals surface area contributed by atoms with Gasteiger partial charge >= 0.3 is 11.9 Å². The van der Waals surface area contributed by atoms with Crippen LogP contribution in [-0.2, 0) is 9.59 Å². The van der Waals surface area contributed by atoms with Crippen LogP contribution in [-0.4, -0.2) is 35.2 Å². The first-order valence-corrected chi connectivity index (χ1v) is 17.9. The maximum Gasteiger partial charge on any atom is 0.303 e. The molecule has 0 fully saturated rings. The molecule has 0 aromatic rings. The first kappa shape index (κ1) is 46.2. The molecule has 0 heterocycles. The molecule has 0 unspecified atom stereocenters. The second-order valence-corrected chi connectivity index (χ2v) is 11.3. The van der Waals surface area contributed by atoms with Crippen LogP contribution in [0.15, 0.2) is 48.6 Å². The minimum absolute atomic E-state index is 0.324. The van der Waals surface area contributed by atoms with Crippen molar-refractivity contribution in [1.29, 1.82) is 0 Å². The van der Waals surface area contributed by atoms with E-state index in [1.165, 1.54) is 89.9 Å². The van der Waals surface area contributed by atoms with Crippen molar-refractivity contribution in [2.45, 2.75) is 168 Å². The van der Waals surface area contributed by atoms with Crippen molar-refractivity contribution in [3.63, 3.8) is 0 Å². The number of rotatable bonds is 29. The molecule has 258 valence electrons. The van der Waals surface area contributed by atoms with Gasteiger partial charge in [-0.15, -0.1) is 0 Å². The third kappa shape index (κ3) is 55.7. The quantitative estimate of drug-likeness (QED) is 0.0486. The molecule has 6 heteroatoms. The van der Waals surface area contributed by atoms with E-state index in [-0.39, 0.29) is 0 Å². The summed E-state index contributed by atoms with van der Waals surface area (Å²) in [5.41, 5.74) is 9.81. The van der Waals surface area contributed by atoms with Gasteiger partial charge in [0.1, 0.15) is 0 Å². The Morgan fingerprint density at radius 3 is 0.977 bits per heavy atom. The molecule has 6 N–H and O–H groups in total. The summed E-state index contributed by atoms with van der Waals surface area (Å²) in [6.07, 6.45) is 44.6. The molecule has 44 heavy (non-hydrogen) atoms. The Hall–Kier alpha value is -2.18. The summed E-state index contributed by atoms with van der Waals surface area (Å²) in [4.78, 5) is 20.6. The second-order valence-electron chi connectivity index (χ2n) is 11.3. The summed E-state index contributed by atoms with van der Waals surface area (Å²) >= 11 is 0.